The van der Waals surface area contributed by atoms with Gasteiger partial charge in [0.1, 0.15) is 5.41 Å². The predicted octanol–water partition coefficient (Wildman–Crippen LogP) is 4.57. The van der Waals surface area contributed by atoms with Crippen LogP contribution >= 0.6 is 31.9 Å². The fourth-order valence-electron chi connectivity index (χ4n) is 5.28. The molecule has 0 aliphatic carbocycles. The average Bonchev–Trinajstić information content (AvgIpc) is 2.96. The Balaban J connectivity index is 1.64. The standard InChI is InChI=1S/C30H30Br2N6O3/c31-21-5-9-25-19(15-21)3-7-23(35-25)17-30(18-24-8-4-20-16-22(32)6-10-26(20)36-24)27(39)37(13-1-11-33)29(41)38(28(30)40)14-2-12-34/h3-10,15-16H,1-2,11-14,17-18,33-34H2. The minimum Gasteiger partial charge on any atom is -0.330 e. The van der Waals surface area contributed by atoms with Gasteiger partial charge in [-0.05, 0) is 74.5 Å². The van der Waals surface area contributed by atoms with Gasteiger partial charge in [0.2, 0.25) is 11.8 Å². The van der Waals surface area contributed by atoms with E-state index < -0.39 is 23.3 Å². The zero-order chi connectivity index (χ0) is 29.1. The molecule has 5 rings (SSSR count). The van der Waals surface area contributed by atoms with E-state index in [0.29, 0.717) is 37.3 Å². The number of aromatic nitrogens is 2. The molecule has 11 heteroatoms. The lowest BCUT2D eigenvalue weighted by Gasteiger charge is -2.44. The molecule has 0 radical (unpaired) electrons. The highest BCUT2D eigenvalue weighted by Crippen LogP contribution is 2.37. The highest BCUT2D eigenvalue weighted by atomic mass is 79.9. The molecule has 1 saturated heterocycles. The van der Waals surface area contributed by atoms with Gasteiger partial charge in [-0.25, -0.2) is 4.79 Å². The number of carbonyl (C=O) groups is 3. The van der Waals surface area contributed by atoms with E-state index in [1.54, 1.807) is 0 Å². The lowest BCUT2D eigenvalue weighted by molar-refractivity contribution is -0.159. The number of benzene rings is 2. The molecule has 9 nitrogen and oxygen atoms in total. The summed E-state index contributed by atoms with van der Waals surface area (Å²) in [6, 6.07) is 18.3. The number of urea groups is 1. The fourth-order valence-corrected chi connectivity index (χ4v) is 6.04. The number of fused-ring (bicyclic) bond motifs is 2. The number of hydrogen-bond donors (Lipinski definition) is 2. The van der Waals surface area contributed by atoms with Crippen molar-refractivity contribution in [3.8, 4) is 0 Å². The fraction of sp³-hybridized carbons (Fsp3) is 0.300. The van der Waals surface area contributed by atoms with Gasteiger partial charge in [0, 0.05) is 57.0 Å². The molecule has 1 aliphatic heterocycles. The van der Waals surface area contributed by atoms with Crippen LogP contribution in [0.25, 0.3) is 21.8 Å². The van der Waals surface area contributed by atoms with Crippen LogP contribution in [-0.2, 0) is 22.4 Å². The second-order valence-electron chi connectivity index (χ2n) is 10.2. The van der Waals surface area contributed by atoms with E-state index >= 15 is 0 Å². The number of nitrogens with two attached hydrogens (primary N) is 2. The number of pyridine rings is 2. The first-order valence-corrected chi connectivity index (χ1v) is 15.0. The van der Waals surface area contributed by atoms with Crippen LogP contribution in [0.15, 0.2) is 69.6 Å². The van der Waals surface area contributed by atoms with E-state index in [1.165, 1.54) is 9.80 Å². The largest absolute Gasteiger partial charge is 0.333 e. The van der Waals surface area contributed by atoms with Gasteiger partial charge in [-0.15, -0.1) is 0 Å². The van der Waals surface area contributed by atoms with Crippen LogP contribution in [0.2, 0.25) is 0 Å². The molecular weight excluding hydrogens is 652 g/mol. The molecule has 4 N–H and O–H groups in total. The molecule has 2 aromatic heterocycles. The summed E-state index contributed by atoms with van der Waals surface area (Å²) in [6.45, 7) is 0.816. The molecule has 0 unspecified atom stereocenters. The van der Waals surface area contributed by atoms with Crippen molar-refractivity contribution in [3.05, 3.63) is 81.0 Å². The normalized spacial score (nSPS) is 15.4. The van der Waals surface area contributed by atoms with E-state index in [0.717, 1.165) is 30.8 Å². The topological polar surface area (TPSA) is 136 Å². The third-order valence-corrected chi connectivity index (χ3v) is 8.31. The number of amides is 4. The molecule has 0 bridgehead atoms. The summed E-state index contributed by atoms with van der Waals surface area (Å²) < 4.78 is 1.85. The van der Waals surface area contributed by atoms with E-state index in [2.05, 4.69) is 31.9 Å². The van der Waals surface area contributed by atoms with Crippen LogP contribution in [0.3, 0.4) is 0 Å². The first kappa shape index (κ1) is 29.2. The van der Waals surface area contributed by atoms with E-state index in [4.69, 9.17) is 21.4 Å². The summed E-state index contributed by atoms with van der Waals surface area (Å²) in [6.07, 6.45) is 0.835. The summed E-state index contributed by atoms with van der Waals surface area (Å²) in [5, 5.41) is 1.84. The Morgan fingerprint density at radius 2 is 1.10 bits per heavy atom. The van der Waals surface area contributed by atoms with Crippen molar-refractivity contribution in [2.75, 3.05) is 26.2 Å². The zero-order valence-electron chi connectivity index (χ0n) is 22.4. The molecule has 0 spiro atoms. The summed E-state index contributed by atoms with van der Waals surface area (Å²) >= 11 is 6.97. The Labute approximate surface area is 254 Å². The van der Waals surface area contributed by atoms with Gasteiger partial charge in [-0.3, -0.25) is 29.4 Å². The van der Waals surface area contributed by atoms with Crippen LogP contribution in [0.4, 0.5) is 4.79 Å². The molecule has 4 aromatic rings. The molecule has 4 amide bonds. The summed E-state index contributed by atoms with van der Waals surface area (Å²) in [5.74, 6) is -1.11. The number of carbonyl (C=O) groups excluding carboxylic acids is 3. The third-order valence-electron chi connectivity index (χ3n) is 7.33. The Hall–Kier alpha value is -3.25. The van der Waals surface area contributed by atoms with Crippen LogP contribution in [0, 0.1) is 5.41 Å². The second-order valence-corrected chi connectivity index (χ2v) is 12.0. The highest BCUT2D eigenvalue weighted by Gasteiger charge is 2.57. The first-order chi connectivity index (χ1) is 19.8. The van der Waals surface area contributed by atoms with Crippen molar-refractivity contribution in [2.24, 2.45) is 16.9 Å². The first-order valence-electron chi connectivity index (χ1n) is 13.4. The zero-order valence-corrected chi connectivity index (χ0v) is 25.5. The average molecular weight is 682 g/mol. The lowest BCUT2D eigenvalue weighted by Crippen LogP contribution is -2.67. The number of imide groups is 2. The Kier molecular flexibility index (Phi) is 8.79. The Bertz CT molecular complexity index is 1530. The van der Waals surface area contributed by atoms with Crippen LogP contribution in [0.1, 0.15) is 24.2 Å². The van der Waals surface area contributed by atoms with Gasteiger partial charge in [0.05, 0.1) is 11.0 Å². The van der Waals surface area contributed by atoms with E-state index in [-0.39, 0.29) is 25.9 Å². The minimum absolute atomic E-state index is 0.00224. The maximum atomic E-state index is 14.3. The van der Waals surface area contributed by atoms with Crippen LogP contribution in [0.5, 0.6) is 0 Å². The summed E-state index contributed by atoms with van der Waals surface area (Å²) in [5.41, 5.74) is 12.5. The molecular formula is C30H30Br2N6O3. The lowest BCUT2D eigenvalue weighted by atomic mass is 9.74. The van der Waals surface area contributed by atoms with Gasteiger partial charge < -0.3 is 11.5 Å². The quantitative estimate of drug-likeness (QED) is 0.234. The van der Waals surface area contributed by atoms with Crippen molar-refractivity contribution in [2.45, 2.75) is 25.7 Å². The number of halogens is 2. The monoisotopic (exact) mass is 680 g/mol. The Morgan fingerprint density at radius 1 is 0.659 bits per heavy atom. The number of rotatable bonds is 10. The third kappa shape index (κ3) is 5.90. The molecule has 41 heavy (non-hydrogen) atoms. The minimum atomic E-state index is -1.64. The van der Waals surface area contributed by atoms with Crippen molar-refractivity contribution in [1.82, 2.24) is 19.8 Å². The second kappa shape index (κ2) is 12.3. The SMILES string of the molecule is NCCCN1C(=O)N(CCCN)C(=O)C(Cc2ccc3cc(Br)ccc3n2)(Cc2ccc3cc(Br)ccc3n2)C1=O. The number of hydrogen-bond acceptors (Lipinski definition) is 7. The van der Waals surface area contributed by atoms with Gasteiger partial charge in [0.15, 0.2) is 0 Å². The van der Waals surface area contributed by atoms with Gasteiger partial charge in [0.25, 0.3) is 0 Å². The van der Waals surface area contributed by atoms with Crippen molar-refractivity contribution in [1.29, 1.82) is 0 Å². The number of nitrogens with zero attached hydrogens (tertiary/aromatic N) is 4. The molecule has 3 heterocycles. The van der Waals surface area contributed by atoms with Gasteiger partial charge >= 0.3 is 6.03 Å². The van der Waals surface area contributed by atoms with Crippen molar-refractivity contribution in [3.63, 3.8) is 0 Å². The van der Waals surface area contributed by atoms with E-state index in [1.807, 2.05) is 60.7 Å². The Morgan fingerprint density at radius 3 is 1.51 bits per heavy atom. The van der Waals surface area contributed by atoms with Gasteiger partial charge in [-0.1, -0.05) is 44.0 Å². The highest BCUT2D eigenvalue weighted by molar-refractivity contribution is 9.10. The van der Waals surface area contributed by atoms with E-state index in [9.17, 15) is 14.4 Å². The molecule has 2 aromatic carbocycles. The molecule has 212 valence electrons. The predicted molar refractivity (Wildman–Crippen MR) is 165 cm³/mol. The maximum Gasteiger partial charge on any atom is 0.333 e. The molecule has 1 fully saturated rings. The molecule has 0 saturated carbocycles. The summed E-state index contributed by atoms with van der Waals surface area (Å²) in [4.78, 5) is 54.1. The van der Waals surface area contributed by atoms with Crippen LogP contribution in [-0.4, -0.2) is 63.8 Å². The van der Waals surface area contributed by atoms with Crippen molar-refractivity contribution < 1.29 is 14.4 Å². The van der Waals surface area contributed by atoms with Gasteiger partial charge in [-0.2, -0.15) is 0 Å². The molecule has 1 aliphatic rings. The molecule has 0 atom stereocenters. The summed E-state index contributed by atoms with van der Waals surface area (Å²) in [7, 11) is 0. The van der Waals surface area contributed by atoms with Crippen LogP contribution < -0.4 is 11.5 Å². The van der Waals surface area contributed by atoms with Crippen molar-refractivity contribution >= 4 is 71.5 Å². The smallest absolute Gasteiger partial charge is 0.330 e. The number of barbiturate groups is 1. The maximum absolute atomic E-state index is 14.3.